The number of anilines is 1. The highest BCUT2D eigenvalue weighted by molar-refractivity contribution is 6.33. The molecule has 1 aliphatic heterocycles. The Morgan fingerprint density at radius 1 is 0.926 bits per heavy atom. The summed E-state index contributed by atoms with van der Waals surface area (Å²) >= 11 is 6.32. The van der Waals surface area contributed by atoms with Gasteiger partial charge in [-0.15, -0.1) is 0 Å². The fourth-order valence-electron chi connectivity index (χ4n) is 3.72. The molecule has 27 heavy (non-hydrogen) atoms. The molecule has 0 radical (unpaired) electrons. The van der Waals surface area contributed by atoms with Crippen molar-refractivity contribution in [3.8, 4) is 0 Å². The SMILES string of the molecule is O=c1cnc2ccccc2n1CCCN1CCN(c2ccccc2Cl)CC1. The van der Waals surface area contributed by atoms with Crippen LogP contribution in [0.5, 0.6) is 0 Å². The third kappa shape index (κ3) is 3.99. The maximum absolute atomic E-state index is 12.2. The Bertz CT molecular complexity index is 979. The van der Waals surface area contributed by atoms with E-state index in [-0.39, 0.29) is 5.56 Å². The number of aryl methyl sites for hydroxylation is 1. The van der Waals surface area contributed by atoms with E-state index in [0.29, 0.717) is 6.54 Å². The number of aromatic nitrogens is 2. The van der Waals surface area contributed by atoms with Crippen LogP contribution in [0.4, 0.5) is 5.69 Å². The van der Waals surface area contributed by atoms with E-state index in [9.17, 15) is 4.79 Å². The number of halogens is 1. The van der Waals surface area contributed by atoms with E-state index in [1.54, 1.807) is 0 Å². The molecule has 0 unspecified atom stereocenters. The van der Waals surface area contributed by atoms with E-state index in [2.05, 4.69) is 20.9 Å². The van der Waals surface area contributed by atoms with Crippen molar-refractivity contribution in [2.75, 3.05) is 37.6 Å². The minimum atomic E-state index is -0.0303. The highest BCUT2D eigenvalue weighted by Crippen LogP contribution is 2.26. The molecule has 0 atom stereocenters. The topological polar surface area (TPSA) is 41.4 Å². The summed E-state index contributed by atoms with van der Waals surface area (Å²) in [6, 6.07) is 15.8. The van der Waals surface area contributed by atoms with Gasteiger partial charge in [-0.1, -0.05) is 35.9 Å². The quantitative estimate of drug-likeness (QED) is 0.679. The summed E-state index contributed by atoms with van der Waals surface area (Å²) in [7, 11) is 0. The van der Waals surface area contributed by atoms with Crippen LogP contribution in [0.25, 0.3) is 11.0 Å². The molecule has 5 nitrogen and oxygen atoms in total. The Balaban J connectivity index is 1.33. The van der Waals surface area contributed by atoms with Gasteiger partial charge < -0.3 is 9.47 Å². The number of hydrogen-bond acceptors (Lipinski definition) is 4. The van der Waals surface area contributed by atoms with Gasteiger partial charge in [-0.3, -0.25) is 9.69 Å². The minimum absolute atomic E-state index is 0.0303. The number of nitrogens with zero attached hydrogens (tertiary/aromatic N) is 4. The molecule has 1 saturated heterocycles. The highest BCUT2D eigenvalue weighted by Gasteiger charge is 2.18. The first-order valence-electron chi connectivity index (χ1n) is 9.39. The lowest BCUT2D eigenvalue weighted by Gasteiger charge is -2.36. The summed E-state index contributed by atoms with van der Waals surface area (Å²) in [6.07, 6.45) is 2.37. The zero-order valence-corrected chi connectivity index (χ0v) is 16.0. The van der Waals surface area contributed by atoms with Crippen LogP contribution >= 0.6 is 11.6 Å². The zero-order valence-electron chi connectivity index (χ0n) is 15.2. The van der Waals surface area contributed by atoms with E-state index in [1.807, 2.05) is 47.0 Å². The van der Waals surface area contributed by atoms with E-state index in [1.165, 1.54) is 6.20 Å². The summed E-state index contributed by atoms with van der Waals surface area (Å²) in [5.74, 6) is 0. The second kappa shape index (κ2) is 8.11. The van der Waals surface area contributed by atoms with Crippen LogP contribution in [0, 0.1) is 0 Å². The van der Waals surface area contributed by atoms with Crippen molar-refractivity contribution in [1.29, 1.82) is 0 Å². The third-order valence-corrected chi connectivity index (χ3v) is 5.49. The summed E-state index contributed by atoms with van der Waals surface area (Å²) in [4.78, 5) is 21.2. The highest BCUT2D eigenvalue weighted by atomic mass is 35.5. The lowest BCUT2D eigenvalue weighted by Crippen LogP contribution is -2.46. The molecule has 4 rings (SSSR count). The Hall–Kier alpha value is -2.37. The molecule has 0 spiro atoms. The fraction of sp³-hybridized carbons (Fsp3) is 0.333. The Morgan fingerprint density at radius 2 is 1.67 bits per heavy atom. The largest absolute Gasteiger partial charge is 0.368 e. The van der Waals surface area contributed by atoms with Crippen molar-refractivity contribution in [3.05, 3.63) is 70.1 Å². The van der Waals surface area contributed by atoms with Crippen molar-refractivity contribution >= 4 is 28.3 Å². The van der Waals surface area contributed by atoms with Crippen LogP contribution in [-0.2, 0) is 6.54 Å². The third-order valence-electron chi connectivity index (χ3n) is 5.17. The smallest absolute Gasteiger partial charge is 0.269 e. The van der Waals surface area contributed by atoms with Gasteiger partial charge in [0.25, 0.3) is 5.56 Å². The van der Waals surface area contributed by atoms with E-state index >= 15 is 0 Å². The first-order valence-corrected chi connectivity index (χ1v) is 9.76. The molecule has 0 aliphatic carbocycles. The molecule has 140 valence electrons. The van der Waals surface area contributed by atoms with E-state index in [4.69, 9.17) is 11.6 Å². The molecular weight excluding hydrogens is 360 g/mol. The first kappa shape index (κ1) is 18.0. The molecule has 2 heterocycles. The molecule has 0 N–H and O–H groups in total. The van der Waals surface area contributed by atoms with Gasteiger partial charge in [-0.25, -0.2) is 4.98 Å². The van der Waals surface area contributed by atoms with E-state index in [0.717, 1.165) is 60.9 Å². The Kier molecular flexibility index (Phi) is 5.41. The van der Waals surface area contributed by atoms with Gasteiger partial charge in [0.15, 0.2) is 0 Å². The standard InChI is InChI=1S/C21H23ClN4O/c22-17-6-1-3-8-19(17)25-14-12-24(13-15-25)10-5-11-26-20-9-4-2-7-18(20)23-16-21(26)27/h1-4,6-9,16H,5,10-15H2. The monoisotopic (exact) mass is 382 g/mol. The first-order chi connectivity index (χ1) is 13.2. The van der Waals surface area contributed by atoms with Gasteiger partial charge in [0.1, 0.15) is 0 Å². The molecule has 6 heteroatoms. The van der Waals surface area contributed by atoms with Gasteiger partial charge in [0, 0.05) is 32.7 Å². The molecule has 0 saturated carbocycles. The second-order valence-corrected chi connectivity index (χ2v) is 7.28. The number of rotatable bonds is 5. The summed E-state index contributed by atoms with van der Waals surface area (Å²) in [5, 5.41) is 0.815. The van der Waals surface area contributed by atoms with Gasteiger partial charge in [0.05, 0.1) is 27.9 Å². The van der Waals surface area contributed by atoms with Crippen LogP contribution in [0.2, 0.25) is 5.02 Å². The summed E-state index contributed by atoms with van der Waals surface area (Å²) in [5.41, 5.74) is 2.87. The second-order valence-electron chi connectivity index (χ2n) is 6.87. The summed E-state index contributed by atoms with van der Waals surface area (Å²) in [6.45, 7) is 5.67. The Morgan fingerprint density at radius 3 is 2.48 bits per heavy atom. The average Bonchev–Trinajstić information content (AvgIpc) is 2.71. The maximum atomic E-state index is 12.2. The number of para-hydroxylation sites is 3. The fourth-order valence-corrected chi connectivity index (χ4v) is 3.97. The van der Waals surface area contributed by atoms with Crippen LogP contribution in [0.3, 0.4) is 0 Å². The molecule has 2 aromatic carbocycles. The molecule has 0 amide bonds. The molecule has 3 aromatic rings. The van der Waals surface area contributed by atoms with Crippen LogP contribution < -0.4 is 10.5 Å². The van der Waals surface area contributed by atoms with Gasteiger partial charge in [-0.05, 0) is 37.2 Å². The maximum Gasteiger partial charge on any atom is 0.269 e. The predicted molar refractivity (Wildman–Crippen MR) is 111 cm³/mol. The molecule has 1 aromatic heterocycles. The summed E-state index contributed by atoms with van der Waals surface area (Å²) < 4.78 is 1.84. The van der Waals surface area contributed by atoms with Crippen molar-refractivity contribution in [1.82, 2.24) is 14.5 Å². The van der Waals surface area contributed by atoms with Crippen molar-refractivity contribution in [2.45, 2.75) is 13.0 Å². The number of fused-ring (bicyclic) bond motifs is 1. The molecule has 0 bridgehead atoms. The van der Waals surface area contributed by atoms with Crippen LogP contribution in [-0.4, -0.2) is 47.2 Å². The van der Waals surface area contributed by atoms with Gasteiger partial charge in [-0.2, -0.15) is 0 Å². The zero-order chi connectivity index (χ0) is 18.6. The predicted octanol–water partition coefficient (Wildman–Crippen LogP) is 3.26. The lowest BCUT2D eigenvalue weighted by molar-refractivity contribution is 0.250. The molecule has 1 aliphatic rings. The molecule has 1 fully saturated rings. The van der Waals surface area contributed by atoms with Gasteiger partial charge >= 0.3 is 0 Å². The van der Waals surface area contributed by atoms with Crippen molar-refractivity contribution in [2.24, 2.45) is 0 Å². The number of benzene rings is 2. The normalized spacial score (nSPS) is 15.4. The van der Waals surface area contributed by atoms with Crippen LogP contribution in [0.1, 0.15) is 6.42 Å². The minimum Gasteiger partial charge on any atom is -0.368 e. The van der Waals surface area contributed by atoms with Gasteiger partial charge in [0.2, 0.25) is 0 Å². The number of piperazine rings is 1. The Labute approximate surface area is 163 Å². The van der Waals surface area contributed by atoms with Crippen LogP contribution in [0.15, 0.2) is 59.5 Å². The molecular formula is C21H23ClN4O. The lowest BCUT2D eigenvalue weighted by atomic mass is 10.2. The number of hydrogen-bond donors (Lipinski definition) is 0. The van der Waals surface area contributed by atoms with Crippen molar-refractivity contribution in [3.63, 3.8) is 0 Å². The van der Waals surface area contributed by atoms with E-state index < -0.39 is 0 Å². The average molecular weight is 383 g/mol. The van der Waals surface area contributed by atoms with Crippen molar-refractivity contribution < 1.29 is 0 Å².